The minimum absolute atomic E-state index is 0.0186. The van der Waals surface area contributed by atoms with Crippen molar-refractivity contribution in [2.24, 2.45) is 0 Å². The number of aliphatic hydroxyl groups excluding tert-OH is 5. The molecule has 7 atom stereocenters. The molecular formula is C78H149NO10. The molecule has 1 saturated heterocycles. The maximum absolute atomic E-state index is 13.1. The standard InChI is InChI=1S/C78H149NO10/c1-3-5-7-9-11-13-44-48-52-56-60-64-71(81)70(69-88-78-77(86)76(85)75(84)72(68-80)89-78)79-73(82)65-61-57-53-49-46-42-40-38-36-34-32-30-28-26-24-22-20-18-16-15-17-19-21-23-25-27-29-31-33-35-37-39-41-43-47-51-55-59-63-67-87-74(83)66-62-58-54-50-45-14-12-10-8-6-4-2/h44,48,60,64,70-72,75-78,80-81,84-86H,3-43,45-47,49-59,61-63,65-69H2,1-2H3,(H,79,82)/b48-44+,64-60+. The van der Waals surface area contributed by atoms with E-state index >= 15 is 0 Å². The third-order valence-electron chi connectivity index (χ3n) is 18.8. The van der Waals surface area contributed by atoms with E-state index in [9.17, 15) is 35.1 Å². The van der Waals surface area contributed by atoms with Crippen molar-refractivity contribution < 1.29 is 49.3 Å². The number of rotatable bonds is 70. The predicted molar refractivity (Wildman–Crippen MR) is 375 cm³/mol. The maximum atomic E-state index is 13.1. The Balaban J connectivity index is 1.87. The van der Waals surface area contributed by atoms with Crippen LogP contribution >= 0.6 is 0 Å². The highest BCUT2D eigenvalue weighted by Crippen LogP contribution is 2.24. The van der Waals surface area contributed by atoms with Gasteiger partial charge in [0.2, 0.25) is 5.91 Å². The Morgan fingerprint density at radius 3 is 1.11 bits per heavy atom. The van der Waals surface area contributed by atoms with E-state index in [0.717, 1.165) is 51.4 Å². The van der Waals surface area contributed by atoms with Gasteiger partial charge in [0.05, 0.1) is 32.0 Å². The number of esters is 1. The molecule has 1 rings (SSSR count). The monoisotopic (exact) mass is 1260 g/mol. The lowest BCUT2D eigenvalue weighted by molar-refractivity contribution is -0.302. The molecule has 0 aromatic rings. The van der Waals surface area contributed by atoms with Crippen LogP contribution in [-0.2, 0) is 23.8 Å². The lowest BCUT2D eigenvalue weighted by Gasteiger charge is -2.40. The van der Waals surface area contributed by atoms with Gasteiger partial charge in [0.15, 0.2) is 6.29 Å². The molecule has 0 spiro atoms. The molecule has 11 nitrogen and oxygen atoms in total. The Bertz CT molecular complexity index is 1530. The zero-order valence-electron chi connectivity index (χ0n) is 58.7. The van der Waals surface area contributed by atoms with E-state index in [1.807, 2.05) is 6.08 Å². The van der Waals surface area contributed by atoms with Crippen molar-refractivity contribution in [2.45, 2.75) is 442 Å². The predicted octanol–water partition coefficient (Wildman–Crippen LogP) is 20.8. The van der Waals surface area contributed by atoms with Crippen LogP contribution < -0.4 is 5.32 Å². The van der Waals surface area contributed by atoms with E-state index in [0.29, 0.717) is 19.4 Å². The lowest BCUT2D eigenvalue weighted by atomic mass is 9.99. The smallest absolute Gasteiger partial charge is 0.305 e. The second kappa shape index (κ2) is 67.6. The van der Waals surface area contributed by atoms with Crippen molar-refractivity contribution in [1.29, 1.82) is 0 Å². The Morgan fingerprint density at radius 2 is 0.730 bits per heavy atom. The zero-order valence-corrected chi connectivity index (χ0v) is 58.7. The molecule has 0 aromatic carbocycles. The molecule has 0 radical (unpaired) electrons. The zero-order chi connectivity index (χ0) is 64.4. The summed E-state index contributed by atoms with van der Waals surface area (Å²) in [4.78, 5) is 25.1. The van der Waals surface area contributed by atoms with Gasteiger partial charge in [0.25, 0.3) is 0 Å². The summed E-state index contributed by atoms with van der Waals surface area (Å²) in [6.45, 7) is 4.35. The van der Waals surface area contributed by atoms with Gasteiger partial charge in [-0.1, -0.05) is 366 Å². The SMILES string of the molecule is CCCCCCC/C=C/CC/C=C/C(O)C(COC1OC(CO)C(O)C(O)C1O)NC(=O)CCCCCCCCCCCCCCCCCCCCCCCCCCCCCCCCCCCCCCCCCOC(=O)CCCCCCCCCCCCC. The maximum Gasteiger partial charge on any atom is 0.305 e. The molecule has 1 fully saturated rings. The summed E-state index contributed by atoms with van der Waals surface area (Å²) in [5.74, 6) is -0.166. The molecule has 1 aliphatic rings. The van der Waals surface area contributed by atoms with Crippen LogP contribution in [0.4, 0.5) is 0 Å². The van der Waals surface area contributed by atoms with Crippen LogP contribution in [0.3, 0.4) is 0 Å². The summed E-state index contributed by atoms with van der Waals surface area (Å²) in [5.41, 5.74) is 0. The first kappa shape index (κ1) is 85.2. The Hall–Kier alpha value is -1.86. The number of amides is 1. The molecule has 526 valence electrons. The van der Waals surface area contributed by atoms with Crippen LogP contribution in [0.25, 0.3) is 0 Å². The quantitative estimate of drug-likeness (QED) is 0.0195. The summed E-state index contributed by atoms with van der Waals surface area (Å²) < 4.78 is 16.7. The first-order chi connectivity index (χ1) is 43.7. The molecule has 1 heterocycles. The van der Waals surface area contributed by atoms with Crippen molar-refractivity contribution >= 4 is 11.9 Å². The molecule has 0 bridgehead atoms. The fourth-order valence-electron chi connectivity index (χ4n) is 12.7. The fourth-order valence-corrected chi connectivity index (χ4v) is 12.7. The first-order valence-corrected chi connectivity index (χ1v) is 39.1. The topological polar surface area (TPSA) is 175 Å². The van der Waals surface area contributed by atoms with E-state index in [4.69, 9.17) is 14.2 Å². The van der Waals surface area contributed by atoms with Crippen molar-refractivity contribution in [1.82, 2.24) is 5.32 Å². The number of ether oxygens (including phenoxy) is 3. The van der Waals surface area contributed by atoms with Gasteiger partial charge in [-0.05, 0) is 44.9 Å². The molecular weight excluding hydrogens is 1110 g/mol. The largest absolute Gasteiger partial charge is 0.466 e. The highest BCUT2D eigenvalue weighted by atomic mass is 16.7. The van der Waals surface area contributed by atoms with Crippen LogP contribution in [0.2, 0.25) is 0 Å². The second-order valence-electron chi connectivity index (χ2n) is 27.4. The Morgan fingerprint density at radius 1 is 0.404 bits per heavy atom. The van der Waals surface area contributed by atoms with E-state index in [2.05, 4.69) is 31.3 Å². The number of carbonyl (C=O) groups excluding carboxylic acids is 2. The van der Waals surface area contributed by atoms with Crippen molar-refractivity contribution in [3.63, 3.8) is 0 Å². The Labute approximate surface area is 550 Å². The number of allylic oxidation sites excluding steroid dienone is 3. The number of unbranched alkanes of at least 4 members (excludes halogenated alkanes) is 54. The highest BCUT2D eigenvalue weighted by Gasteiger charge is 2.44. The summed E-state index contributed by atoms with van der Waals surface area (Å²) >= 11 is 0. The van der Waals surface area contributed by atoms with Crippen molar-refractivity contribution in [3.05, 3.63) is 24.3 Å². The second-order valence-corrected chi connectivity index (χ2v) is 27.4. The van der Waals surface area contributed by atoms with Crippen LogP contribution in [0.5, 0.6) is 0 Å². The Kier molecular flexibility index (Phi) is 64.6. The van der Waals surface area contributed by atoms with Gasteiger partial charge in [0, 0.05) is 12.8 Å². The van der Waals surface area contributed by atoms with Gasteiger partial charge < -0.3 is 45.1 Å². The van der Waals surface area contributed by atoms with E-state index in [1.165, 1.54) is 321 Å². The molecule has 11 heteroatoms. The third-order valence-corrected chi connectivity index (χ3v) is 18.8. The molecule has 1 aliphatic heterocycles. The number of carbonyl (C=O) groups is 2. The molecule has 0 saturated carbocycles. The van der Waals surface area contributed by atoms with Crippen LogP contribution in [0.1, 0.15) is 399 Å². The lowest BCUT2D eigenvalue weighted by Crippen LogP contribution is -2.60. The molecule has 6 N–H and O–H groups in total. The molecule has 0 aromatic heterocycles. The van der Waals surface area contributed by atoms with Crippen LogP contribution in [-0.4, -0.2) is 100 Å². The summed E-state index contributed by atoms with van der Waals surface area (Å²) in [6.07, 6.45) is 76.6. The van der Waals surface area contributed by atoms with Crippen LogP contribution in [0, 0.1) is 0 Å². The minimum atomic E-state index is -1.57. The highest BCUT2D eigenvalue weighted by molar-refractivity contribution is 5.76. The van der Waals surface area contributed by atoms with Gasteiger partial charge in [-0.25, -0.2) is 0 Å². The van der Waals surface area contributed by atoms with Gasteiger partial charge in [-0.2, -0.15) is 0 Å². The average Bonchev–Trinajstić information content (AvgIpc) is 2.32. The van der Waals surface area contributed by atoms with Crippen LogP contribution in [0.15, 0.2) is 24.3 Å². The number of nitrogens with one attached hydrogen (secondary N) is 1. The normalized spacial score (nSPS) is 17.8. The molecule has 7 unspecified atom stereocenters. The van der Waals surface area contributed by atoms with Gasteiger partial charge >= 0.3 is 5.97 Å². The van der Waals surface area contributed by atoms with Crippen molar-refractivity contribution in [3.8, 4) is 0 Å². The van der Waals surface area contributed by atoms with Gasteiger partial charge in [-0.15, -0.1) is 0 Å². The van der Waals surface area contributed by atoms with Gasteiger partial charge in [-0.3, -0.25) is 9.59 Å². The fraction of sp³-hybridized carbons (Fsp3) is 0.923. The number of hydrogen-bond donors (Lipinski definition) is 6. The third kappa shape index (κ3) is 56.2. The van der Waals surface area contributed by atoms with E-state index in [-0.39, 0.29) is 18.5 Å². The number of hydrogen-bond acceptors (Lipinski definition) is 10. The molecule has 1 amide bonds. The average molecular weight is 1260 g/mol. The van der Waals surface area contributed by atoms with E-state index in [1.54, 1.807) is 6.08 Å². The van der Waals surface area contributed by atoms with Crippen molar-refractivity contribution in [2.75, 3.05) is 19.8 Å². The first-order valence-electron chi connectivity index (χ1n) is 39.1. The number of aliphatic hydroxyl groups is 5. The molecule has 89 heavy (non-hydrogen) atoms. The van der Waals surface area contributed by atoms with Gasteiger partial charge in [0.1, 0.15) is 24.4 Å². The minimum Gasteiger partial charge on any atom is -0.466 e. The summed E-state index contributed by atoms with van der Waals surface area (Å²) in [6, 6.07) is -0.822. The van der Waals surface area contributed by atoms with E-state index < -0.39 is 49.5 Å². The summed E-state index contributed by atoms with van der Waals surface area (Å²) in [5, 5.41) is 54.4. The summed E-state index contributed by atoms with van der Waals surface area (Å²) in [7, 11) is 0. The molecule has 0 aliphatic carbocycles.